The van der Waals surface area contributed by atoms with Gasteiger partial charge in [-0.25, -0.2) is 4.99 Å². The van der Waals surface area contributed by atoms with Crippen LogP contribution in [0.25, 0.3) is 6.08 Å². The van der Waals surface area contributed by atoms with Crippen LogP contribution < -0.4 is 5.32 Å². The van der Waals surface area contributed by atoms with Crippen LogP contribution in [0.2, 0.25) is 0 Å². The molecule has 1 N–H and O–H groups in total. The van der Waals surface area contributed by atoms with Crippen molar-refractivity contribution in [2.75, 3.05) is 0 Å². The van der Waals surface area contributed by atoms with Gasteiger partial charge in [0, 0.05) is 10.4 Å². The van der Waals surface area contributed by atoms with E-state index in [9.17, 15) is 4.79 Å². The highest BCUT2D eigenvalue weighted by molar-refractivity contribution is 9.10. The molecular formula is C13H11BrN2O. The number of carbonyl (C=O) groups is 1. The molecule has 4 heteroatoms. The van der Waals surface area contributed by atoms with E-state index in [1.807, 2.05) is 30.3 Å². The Morgan fingerprint density at radius 2 is 2.24 bits per heavy atom. The van der Waals surface area contributed by atoms with Gasteiger partial charge < -0.3 is 5.32 Å². The van der Waals surface area contributed by atoms with E-state index in [2.05, 4.69) is 26.2 Å². The molecule has 0 aromatic heterocycles. The molecule has 1 heterocycles. The van der Waals surface area contributed by atoms with E-state index < -0.39 is 0 Å². The summed E-state index contributed by atoms with van der Waals surface area (Å²) in [6, 6.07) is 7.81. The quantitative estimate of drug-likeness (QED) is 0.836. The van der Waals surface area contributed by atoms with Crippen LogP contribution in [0.15, 0.2) is 39.4 Å². The number of carbonyl (C=O) groups excluding carboxylic acids is 1. The Hall–Kier alpha value is -1.42. The van der Waals surface area contributed by atoms with Crippen molar-refractivity contribution in [3.05, 3.63) is 40.0 Å². The van der Waals surface area contributed by atoms with Gasteiger partial charge in [0.05, 0.1) is 0 Å². The van der Waals surface area contributed by atoms with Gasteiger partial charge in [-0.1, -0.05) is 28.1 Å². The molecule has 0 bridgehead atoms. The fourth-order valence-electron chi connectivity index (χ4n) is 1.79. The first-order chi connectivity index (χ1) is 8.22. The number of aliphatic imine (C=N–C) groups is 1. The molecular weight excluding hydrogens is 280 g/mol. The van der Waals surface area contributed by atoms with Crippen molar-refractivity contribution in [3.63, 3.8) is 0 Å². The number of amides is 1. The Labute approximate surface area is 108 Å². The largest absolute Gasteiger partial charge is 0.308 e. The zero-order chi connectivity index (χ0) is 11.8. The molecule has 0 spiro atoms. The Morgan fingerprint density at radius 3 is 2.94 bits per heavy atom. The van der Waals surface area contributed by atoms with Crippen molar-refractivity contribution in [2.45, 2.75) is 12.8 Å². The molecule has 1 aliphatic carbocycles. The fraction of sp³-hybridized carbons (Fsp3) is 0.231. The van der Waals surface area contributed by atoms with Crippen molar-refractivity contribution < 1.29 is 4.79 Å². The lowest BCUT2D eigenvalue weighted by Crippen LogP contribution is -2.25. The van der Waals surface area contributed by atoms with Gasteiger partial charge in [-0.2, -0.15) is 0 Å². The molecule has 0 radical (unpaired) electrons. The Balaban J connectivity index is 1.90. The number of hydrogen-bond donors (Lipinski definition) is 1. The second kappa shape index (κ2) is 4.11. The summed E-state index contributed by atoms with van der Waals surface area (Å²) in [6.07, 6.45) is 4.10. The van der Waals surface area contributed by atoms with Crippen LogP contribution >= 0.6 is 15.9 Å². The molecule has 1 saturated carbocycles. The molecule has 1 aromatic carbocycles. The molecule has 1 fully saturated rings. The van der Waals surface area contributed by atoms with Gasteiger partial charge in [0.2, 0.25) is 0 Å². The highest BCUT2D eigenvalue weighted by Crippen LogP contribution is 2.32. The highest BCUT2D eigenvalue weighted by atomic mass is 79.9. The fourth-order valence-corrected chi connectivity index (χ4v) is 2.21. The van der Waals surface area contributed by atoms with Crippen LogP contribution in [0.1, 0.15) is 18.4 Å². The van der Waals surface area contributed by atoms with Gasteiger partial charge in [0.25, 0.3) is 5.91 Å². The normalized spacial score (nSPS) is 21.6. The predicted octanol–water partition coefficient (Wildman–Crippen LogP) is 2.73. The first-order valence-corrected chi connectivity index (χ1v) is 6.39. The predicted molar refractivity (Wildman–Crippen MR) is 70.4 cm³/mol. The first-order valence-electron chi connectivity index (χ1n) is 5.59. The minimum absolute atomic E-state index is 0.0909. The molecule has 3 rings (SSSR count). The van der Waals surface area contributed by atoms with E-state index in [0.29, 0.717) is 11.6 Å². The molecule has 1 aromatic rings. The smallest absolute Gasteiger partial charge is 0.275 e. The molecule has 1 aliphatic heterocycles. The average molecular weight is 291 g/mol. The number of benzene rings is 1. The van der Waals surface area contributed by atoms with Gasteiger partial charge in [-0.15, -0.1) is 0 Å². The van der Waals surface area contributed by atoms with Crippen molar-refractivity contribution in [2.24, 2.45) is 10.9 Å². The number of rotatable bonds is 2. The zero-order valence-electron chi connectivity index (χ0n) is 9.11. The average Bonchev–Trinajstić information content (AvgIpc) is 3.06. The van der Waals surface area contributed by atoms with Crippen LogP contribution in [-0.2, 0) is 4.79 Å². The van der Waals surface area contributed by atoms with E-state index in [1.54, 1.807) is 0 Å². The maximum absolute atomic E-state index is 11.7. The van der Waals surface area contributed by atoms with Crippen molar-refractivity contribution in [1.82, 2.24) is 5.32 Å². The first kappa shape index (κ1) is 10.7. The summed E-state index contributed by atoms with van der Waals surface area (Å²) in [6.45, 7) is 0. The molecule has 2 aliphatic rings. The van der Waals surface area contributed by atoms with Crippen LogP contribution in [0, 0.1) is 5.92 Å². The summed E-state index contributed by atoms with van der Waals surface area (Å²) in [7, 11) is 0. The van der Waals surface area contributed by atoms with Crippen molar-refractivity contribution in [1.29, 1.82) is 0 Å². The number of nitrogens with one attached hydrogen (secondary N) is 1. The van der Waals surface area contributed by atoms with E-state index in [-0.39, 0.29) is 5.91 Å². The lowest BCUT2D eigenvalue weighted by molar-refractivity contribution is -0.115. The molecule has 17 heavy (non-hydrogen) atoms. The molecule has 0 unspecified atom stereocenters. The van der Waals surface area contributed by atoms with Gasteiger partial charge in [0.1, 0.15) is 11.5 Å². The zero-order valence-corrected chi connectivity index (χ0v) is 10.7. The maximum atomic E-state index is 11.7. The summed E-state index contributed by atoms with van der Waals surface area (Å²) in [5.41, 5.74) is 1.48. The summed E-state index contributed by atoms with van der Waals surface area (Å²) in [5, 5.41) is 2.83. The Bertz CT molecular complexity index is 544. The van der Waals surface area contributed by atoms with Crippen LogP contribution in [0.3, 0.4) is 0 Å². The van der Waals surface area contributed by atoms with E-state index in [0.717, 1.165) is 28.7 Å². The number of nitrogens with zero attached hydrogens (tertiary/aromatic N) is 1. The summed E-state index contributed by atoms with van der Waals surface area (Å²) < 4.78 is 0.997. The van der Waals surface area contributed by atoms with E-state index >= 15 is 0 Å². The van der Waals surface area contributed by atoms with E-state index in [1.165, 1.54) is 0 Å². The van der Waals surface area contributed by atoms with Crippen LogP contribution in [-0.4, -0.2) is 11.7 Å². The molecule has 86 valence electrons. The minimum atomic E-state index is -0.0909. The number of halogens is 1. The second-order valence-electron chi connectivity index (χ2n) is 4.31. The maximum Gasteiger partial charge on any atom is 0.275 e. The molecule has 3 nitrogen and oxygen atoms in total. The van der Waals surface area contributed by atoms with Crippen LogP contribution in [0.5, 0.6) is 0 Å². The van der Waals surface area contributed by atoms with Gasteiger partial charge in [0.15, 0.2) is 0 Å². The third-order valence-corrected chi connectivity index (χ3v) is 3.32. The minimum Gasteiger partial charge on any atom is -0.308 e. The van der Waals surface area contributed by atoms with Gasteiger partial charge in [-0.3, -0.25) is 4.79 Å². The lowest BCUT2D eigenvalue weighted by atomic mass is 10.2. The van der Waals surface area contributed by atoms with Crippen molar-refractivity contribution >= 4 is 33.7 Å². The van der Waals surface area contributed by atoms with E-state index in [4.69, 9.17) is 0 Å². The lowest BCUT2D eigenvalue weighted by Gasteiger charge is -1.95. The summed E-state index contributed by atoms with van der Waals surface area (Å²) >= 11 is 3.41. The summed E-state index contributed by atoms with van der Waals surface area (Å²) in [4.78, 5) is 16.1. The molecule has 1 amide bonds. The van der Waals surface area contributed by atoms with Crippen LogP contribution in [0.4, 0.5) is 0 Å². The third kappa shape index (κ3) is 2.31. The Morgan fingerprint density at radius 1 is 1.41 bits per heavy atom. The van der Waals surface area contributed by atoms with Gasteiger partial charge in [-0.05, 0) is 36.6 Å². The number of amidine groups is 1. The number of hydrogen-bond acceptors (Lipinski definition) is 2. The Kier molecular flexibility index (Phi) is 2.59. The third-order valence-electron chi connectivity index (χ3n) is 2.83. The highest BCUT2D eigenvalue weighted by Gasteiger charge is 2.33. The standard InChI is InChI=1S/C13H11BrN2O/c14-10-3-1-2-8(6-10)7-11-13(17)16-12(15-11)9-4-5-9/h1-3,6-7,9H,4-5H2,(H,15,16,17)/b11-7+. The van der Waals surface area contributed by atoms with Crippen molar-refractivity contribution in [3.8, 4) is 0 Å². The second-order valence-corrected chi connectivity index (χ2v) is 5.23. The topological polar surface area (TPSA) is 41.5 Å². The monoisotopic (exact) mass is 290 g/mol. The SMILES string of the molecule is O=C1NC(C2CC2)=N/C1=C/c1cccc(Br)c1. The molecule has 0 saturated heterocycles. The summed E-state index contributed by atoms with van der Waals surface area (Å²) in [5.74, 6) is 1.23. The van der Waals surface area contributed by atoms with Gasteiger partial charge >= 0.3 is 0 Å². The molecule has 0 atom stereocenters.